The van der Waals surface area contributed by atoms with Crippen molar-refractivity contribution in [1.82, 2.24) is 4.90 Å². The maximum absolute atomic E-state index is 14.2. The summed E-state index contributed by atoms with van der Waals surface area (Å²) in [6.07, 6.45) is 6.28. The molecule has 0 spiro atoms. The van der Waals surface area contributed by atoms with E-state index in [2.05, 4.69) is 11.4 Å². The average Bonchev–Trinajstić information content (AvgIpc) is 3.23. The van der Waals surface area contributed by atoms with E-state index in [4.69, 9.17) is 11.6 Å². The highest BCUT2D eigenvalue weighted by Gasteiger charge is 2.41. The second-order valence-electron chi connectivity index (χ2n) is 10.8. The summed E-state index contributed by atoms with van der Waals surface area (Å²) >= 11 is 6.13. The number of nitrogens with one attached hydrogen (secondary N) is 1. The Labute approximate surface area is 250 Å². The first kappa shape index (κ1) is 29.1. The van der Waals surface area contributed by atoms with Gasteiger partial charge < -0.3 is 15.1 Å². The first-order valence-corrected chi connectivity index (χ1v) is 14.3. The molecule has 1 aliphatic heterocycles. The Hall–Kier alpha value is -4.43. The Balaban J connectivity index is 1.49. The van der Waals surface area contributed by atoms with Crippen molar-refractivity contribution in [3.05, 3.63) is 101 Å². The van der Waals surface area contributed by atoms with E-state index in [0.29, 0.717) is 22.8 Å². The molecule has 0 bridgehead atoms. The van der Waals surface area contributed by atoms with E-state index in [-0.39, 0.29) is 30.5 Å². The van der Waals surface area contributed by atoms with Crippen LogP contribution in [0.5, 0.6) is 0 Å². The zero-order chi connectivity index (χ0) is 29.8. The van der Waals surface area contributed by atoms with Gasteiger partial charge in [-0.25, -0.2) is 0 Å². The third-order valence-electron chi connectivity index (χ3n) is 7.77. The summed E-state index contributed by atoms with van der Waals surface area (Å²) in [7, 11) is 3.88. The molecule has 1 aliphatic carbocycles. The maximum Gasteiger partial charge on any atom is 0.299 e. The Kier molecular flexibility index (Phi) is 8.73. The van der Waals surface area contributed by atoms with Crippen molar-refractivity contribution in [2.24, 2.45) is 5.92 Å². The third-order valence-corrected chi connectivity index (χ3v) is 8.02. The molecule has 216 valence electrons. The summed E-state index contributed by atoms with van der Waals surface area (Å²) in [6, 6.07) is 20.4. The van der Waals surface area contributed by atoms with Gasteiger partial charge in [0, 0.05) is 37.0 Å². The fourth-order valence-corrected chi connectivity index (χ4v) is 5.66. The first-order valence-electron chi connectivity index (χ1n) is 14.0. The number of carbonyl (C=O) groups excluding carboxylic acids is 4. The average molecular weight is 585 g/mol. The Bertz CT molecular complexity index is 1520. The first-order chi connectivity index (χ1) is 20.2. The molecule has 0 aromatic heterocycles. The van der Waals surface area contributed by atoms with Crippen LogP contribution in [-0.4, -0.2) is 55.1 Å². The van der Waals surface area contributed by atoms with Crippen molar-refractivity contribution >= 4 is 52.2 Å². The molecule has 3 amide bonds. The lowest BCUT2D eigenvalue weighted by atomic mass is 9.85. The predicted octanol–water partition coefficient (Wildman–Crippen LogP) is 5.33. The number of amides is 3. The zero-order valence-corrected chi connectivity index (χ0v) is 24.4. The number of Topliss-reactive ketones (excluding diaryl/α,β-unsaturated/α-hetero) is 1. The van der Waals surface area contributed by atoms with Gasteiger partial charge in [-0.1, -0.05) is 48.0 Å². The van der Waals surface area contributed by atoms with Gasteiger partial charge in [0.25, 0.3) is 11.7 Å². The number of halogens is 1. The number of hydrogen-bond acceptors (Lipinski definition) is 5. The van der Waals surface area contributed by atoms with Crippen molar-refractivity contribution in [3.8, 4) is 0 Å². The fourth-order valence-electron chi connectivity index (χ4n) is 5.53. The number of nitrogens with zero attached hydrogens (tertiary/aromatic N) is 3. The Morgan fingerprint density at radius 2 is 1.69 bits per heavy atom. The van der Waals surface area contributed by atoms with E-state index >= 15 is 0 Å². The van der Waals surface area contributed by atoms with Crippen molar-refractivity contribution < 1.29 is 19.2 Å². The van der Waals surface area contributed by atoms with Gasteiger partial charge in [0.15, 0.2) is 0 Å². The lowest BCUT2D eigenvalue weighted by molar-refractivity contribution is -0.140. The highest BCUT2D eigenvalue weighted by Crippen LogP contribution is 2.31. The Morgan fingerprint density at radius 3 is 2.36 bits per heavy atom. The minimum Gasteiger partial charge on any atom is -0.378 e. The van der Waals surface area contributed by atoms with Crippen LogP contribution in [0.2, 0.25) is 5.02 Å². The second-order valence-corrected chi connectivity index (χ2v) is 11.2. The van der Waals surface area contributed by atoms with Crippen LogP contribution in [0.15, 0.2) is 84.9 Å². The molecule has 0 saturated carbocycles. The van der Waals surface area contributed by atoms with Crippen molar-refractivity contribution in [2.45, 2.75) is 31.8 Å². The number of ketones is 1. The van der Waals surface area contributed by atoms with Crippen LogP contribution in [0.3, 0.4) is 0 Å². The number of carbonyl (C=O) groups is 4. The van der Waals surface area contributed by atoms with Crippen LogP contribution < -0.4 is 15.1 Å². The molecule has 42 heavy (non-hydrogen) atoms. The number of fused-ring (bicyclic) bond motifs is 1. The molecule has 5 rings (SSSR count). The largest absolute Gasteiger partial charge is 0.378 e. The van der Waals surface area contributed by atoms with Gasteiger partial charge in [0.05, 0.1) is 11.3 Å². The molecule has 8 nitrogen and oxygen atoms in total. The second kappa shape index (κ2) is 12.6. The predicted molar refractivity (Wildman–Crippen MR) is 165 cm³/mol. The van der Waals surface area contributed by atoms with E-state index in [1.807, 2.05) is 61.5 Å². The standard InChI is InChI=1S/C33H33ClN4O4/c1-36(2)26-18-16-25(17-19-26)35-32(41)30(23-8-4-3-5-9-23)38(20-22-12-14-24(34)15-13-22)29(39)21-37-28-11-7-6-10-27(28)31(40)33(37)42/h3-4,6-7,10-19,23,30H,5,8-9,20-21H2,1-2H3,(H,35,41). The van der Waals surface area contributed by atoms with Gasteiger partial charge in [-0.3, -0.25) is 24.1 Å². The van der Waals surface area contributed by atoms with Crippen LogP contribution in [0, 0.1) is 5.92 Å². The molecule has 2 unspecified atom stereocenters. The summed E-state index contributed by atoms with van der Waals surface area (Å²) in [4.78, 5) is 58.6. The molecule has 0 radical (unpaired) electrons. The SMILES string of the molecule is CN(C)c1ccc(NC(=O)C(C2CC=CCC2)N(Cc2ccc(Cl)cc2)C(=O)CN2C(=O)C(=O)c3ccccc32)cc1. The zero-order valence-electron chi connectivity index (χ0n) is 23.6. The minimum absolute atomic E-state index is 0.130. The van der Waals surface area contributed by atoms with Crippen molar-refractivity contribution in [1.29, 1.82) is 0 Å². The van der Waals surface area contributed by atoms with Gasteiger partial charge in [-0.2, -0.15) is 0 Å². The highest BCUT2D eigenvalue weighted by atomic mass is 35.5. The molecule has 0 fully saturated rings. The van der Waals surface area contributed by atoms with E-state index in [1.165, 1.54) is 4.90 Å². The fraction of sp³-hybridized carbons (Fsp3) is 0.273. The summed E-state index contributed by atoms with van der Waals surface area (Å²) in [6.45, 7) is -0.232. The van der Waals surface area contributed by atoms with Gasteiger partial charge in [0.2, 0.25) is 11.8 Å². The highest BCUT2D eigenvalue weighted by molar-refractivity contribution is 6.52. The maximum atomic E-state index is 14.2. The molecule has 1 heterocycles. The monoisotopic (exact) mass is 584 g/mol. The van der Waals surface area contributed by atoms with Crippen LogP contribution in [-0.2, 0) is 20.9 Å². The van der Waals surface area contributed by atoms with Crippen molar-refractivity contribution in [2.75, 3.05) is 35.8 Å². The van der Waals surface area contributed by atoms with Crippen LogP contribution in [0.1, 0.15) is 35.2 Å². The van der Waals surface area contributed by atoms with Crippen LogP contribution in [0.4, 0.5) is 17.1 Å². The number of rotatable bonds is 9. The van der Waals surface area contributed by atoms with Gasteiger partial charge in [-0.05, 0) is 79.3 Å². The van der Waals surface area contributed by atoms with Gasteiger partial charge in [-0.15, -0.1) is 0 Å². The van der Waals surface area contributed by atoms with Crippen molar-refractivity contribution in [3.63, 3.8) is 0 Å². The van der Waals surface area contributed by atoms with Gasteiger partial charge >= 0.3 is 0 Å². The van der Waals surface area contributed by atoms with E-state index < -0.39 is 23.6 Å². The third kappa shape index (κ3) is 6.24. The minimum atomic E-state index is -0.824. The lowest BCUT2D eigenvalue weighted by Crippen LogP contribution is -2.54. The normalized spacial score (nSPS) is 16.6. The van der Waals surface area contributed by atoms with Gasteiger partial charge in [0.1, 0.15) is 12.6 Å². The number of anilines is 3. The Morgan fingerprint density at radius 1 is 0.976 bits per heavy atom. The topological polar surface area (TPSA) is 90.0 Å². The lowest BCUT2D eigenvalue weighted by Gasteiger charge is -2.37. The van der Waals surface area contributed by atoms with E-state index in [0.717, 1.165) is 24.1 Å². The summed E-state index contributed by atoms with van der Waals surface area (Å²) in [5.41, 5.74) is 3.07. The summed E-state index contributed by atoms with van der Waals surface area (Å²) < 4.78 is 0. The smallest absolute Gasteiger partial charge is 0.299 e. The molecule has 1 N–H and O–H groups in total. The number of allylic oxidation sites excluding steroid dienone is 2. The molecular weight excluding hydrogens is 552 g/mol. The molecule has 9 heteroatoms. The number of benzene rings is 3. The number of hydrogen-bond donors (Lipinski definition) is 1. The molecule has 2 aliphatic rings. The van der Waals surface area contributed by atoms with Crippen LogP contribution in [0.25, 0.3) is 0 Å². The number of para-hydroxylation sites is 1. The molecular formula is C33H33ClN4O4. The summed E-state index contributed by atoms with van der Waals surface area (Å²) in [5, 5.41) is 3.59. The molecule has 3 aromatic carbocycles. The molecule has 3 aromatic rings. The van der Waals surface area contributed by atoms with E-state index in [9.17, 15) is 19.2 Å². The molecule has 2 atom stereocenters. The van der Waals surface area contributed by atoms with Crippen LogP contribution >= 0.6 is 11.6 Å². The quantitative estimate of drug-likeness (QED) is 0.271. The summed E-state index contributed by atoms with van der Waals surface area (Å²) in [5.74, 6) is -2.27. The molecule has 0 saturated heterocycles. The van der Waals surface area contributed by atoms with E-state index in [1.54, 1.807) is 41.3 Å².